The molecular formula is C12H22N2O. The quantitative estimate of drug-likeness (QED) is 0.781. The van der Waals surface area contributed by atoms with Crippen LogP contribution in [0.4, 0.5) is 0 Å². The highest BCUT2D eigenvalue weighted by Gasteiger charge is 2.13. The molecular weight excluding hydrogens is 188 g/mol. The Hall–Kier alpha value is -0.830. The topological polar surface area (TPSA) is 38.1 Å². The molecule has 0 saturated carbocycles. The van der Waals surface area contributed by atoms with Crippen LogP contribution < -0.4 is 0 Å². The summed E-state index contributed by atoms with van der Waals surface area (Å²) in [5, 5.41) is 14.0. The molecule has 0 spiro atoms. The molecule has 15 heavy (non-hydrogen) atoms. The minimum absolute atomic E-state index is 0.176. The van der Waals surface area contributed by atoms with Gasteiger partial charge in [0.2, 0.25) is 0 Å². The Morgan fingerprint density at radius 2 is 2.20 bits per heavy atom. The SMILES string of the molecule is CCCC(C)C(O)CCc1cnn(C)c1. The van der Waals surface area contributed by atoms with Crippen molar-refractivity contribution in [1.82, 2.24) is 9.78 Å². The second-order valence-electron chi connectivity index (χ2n) is 4.39. The Kier molecular flexibility index (Phi) is 4.82. The molecule has 1 aromatic heterocycles. The van der Waals surface area contributed by atoms with Crippen molar-refractivity contribution in [2.75, 3.05) is 0 Å². The van der Waals surface area contributed by atoms with Gasteiger partial charge in [-0.1, -0.05) is 20.3 Å². The van der Waals surface area contributed by atoms with Crippen LogP contribution in [0.2, 0.25) is 0 Å². The first-order valence-electron chi connectivity index (χ1n) is 5.79. The summed E-state index contributed by atoms with van der Waals surface area (Å²) < 4.78 is 1.80. The number of rotatable bonds is 6. The molecule has 0 saturated heterocycles. The van der Waals surface area contributed by atoms with Crippen LogP contribution >= 0.6 is 0 Å². The fourth-order valence-corrected chi connectivity index (χ4v) is 1.85. The van der Waals surface area contributed by atoms with Gasteiger partial charge in [0.05, 0.1) is 12.3 Å². The number of aryl methyl sites for hydroxylation is 2. The third kappa shape index (κ3) is 4.04. The number of nitrogens with zero attached hydrogens (tertiary/aromatic N) is 2. The molecule has 1 rings (SSSR count). The molecule has 0 fully saturated rings. The number of aromatic nitrogens is 2. The van der Waals surface area contributed by atoms with Gasteiger partial charge < -0.3 is 5.11 Å². The molecule has 0 radical (unpaired) electrons. The summed E-state index contributed by atoms with van der Waals surface area (Å²) in [5.41, 5.74) is 1.21. The standard InChI is InChI=1S/C12H22N2O/c1-4-5-10(2)12(15)7-6-11-8-13-14(3)9-11/h8-10,12,15H,4-7H2,1-3H3. The van der Waals surface area contributed by atoms with E-state index >= 15 is 0 Å². The number of aliphatic hydroxyl groups excluding tert-OH is 1. The van der Waals surface area contributed by atoms with Gasteiger partial charge in [-0.3, -0.25) is 4.68 Å². The highest BCUT2D eigenvalue weighted by atomic mass is 16.3. The van der Waals surface area contributed by atoms with Crippen LogP contribution in [0.5, 0.6) is 0 Å². The van der Waals surface area contributed by atoms with E-state index in [4.69, 9.17) is 0 Å². The molecule has 0 aliphatic carbocycles. The summed E-state index contributed by atoms with van der Waals surface area (Å²) >= 11 is 0. The van der Waals surface area contributed by atoms with E-state index < -0.39 is 0 Å². The Bertz CT molecular complexity index is 283. The fraction of sp³-hybridized carbons (Fsp3) is 0.750. The monoisotopic (exact) mass is 210 g/mol. The molecule has 0 aromatic carbocycles. The van der Waals surface area contributed by atoms with Crippen molar-refractivity contribution in [3.8, 4) is 0 Å². The van der Waals surface area contributed by atoms with Crippen LogP contribution in [0.15, 0.2) is 12.4 Å². The summed E-state index contributed by atoms with van der Waals surface area (Å²) in [5.74, 6) is 0.409. The van der Waals surface area contributed by atoms with Crippen molar-refractivity contribution in [1.29, 1.82) is 0 Å². The van der Waals surface area contributed by atoms with Crippen LogP contribution in [-0.2, 0) is 13.5 Å². The van der Waals surface area contributed by atoms with Gasteiger partial charge in [-0.15, -0.1) is 0 Å². The molecule has 1 aromatic rings. The Morgan fingerprint density at radius 3 is 2.73 bits per heavy atom. The van der Waals surface area contributed by atoms with E-state index in [-0.39, 0.29) is 6.10 Å². The van der Waals surface area contributed by atoms with Gasteiger partial charge in [-0.25, -0.2) is 0 Å². The van der Waals surface area contributed by atoms with E-state index in [2.05, 4.69) is 18.9 Å². The average Bonchev–Trinajstić information content (AvgIpc) is 2.61. The highest BCUT2D eigenvalue weighted by Crippen LogP contribution is 2.15. The third-order valence-corrected chi connectivity index (χ3v) is 2.89. The zero-order valence-electron chi connectivity index (χ0n) is 9.98. The van der Waals surface area contributed by atoms with Gasteiger partial charge in [-0.2, -0.15) is 5.10 Å². The first kappa shape index (κ1) is 12.2. The lowest BCUT2D eigenvalue weighted by molar-refractivity contribution is 0.103. The molecule has 1 heterocycles. The van der Waals surface area contributed by atoms with Gasteiger partial charge in [-0.05, 0) is 30.7 Å². The Labute approximate surface area is 92.1 Å². The maximum atomic E-state index is 9.89. The molecule has 1 N–H and O–H groups in total. The molecule has 86 valence electrons. The number of hydrogen-bond donors (Lipinski definition) is 1. The van der Waals surface area contributed by atoms with E-state index in [1.165, 1.54) is 5.56 Å². The van der Waals surface area contributed by atoms with Crippen molar-refractivity contribution in [3.63, 3.8) is 0 Å². The molecule has 3 nitrogen and oxygen atoms in total. The smallest absolute Gasteiger partial charge is 0.0569 e. The Balaban J connectivity index is 2.30. The van der Waals surface area contributed by atoms with Crippen LogP contribution in [0.3, 0.4) is 0 Å². The molecule has 0 bridgehead atoms. The second-order valence-corrected chi connectivity index (χ2v) is 4.39. The fourth-order valence-electron chi connectivity index (χ4n) is 1.85. The Morgan fingerprint density at radius 1 is 1.47 bits per heavy atom. The lowest BCUT2D eigenvalue weighted by atomic mass is 9.95. The summed E-state index contributed by atoms with van der Waals surface area (Å²) in [7, 11) is 1.92. The van der Waals surface area contributed by atoms with Gasteiger partial charge in [0.1, 0.15) is 0 Å². The zero-order valence-corrected chi connectivity index (χ0v) is 9.98. The van der Waals surface area contributed by atoms with E-state index in [1.807, 2.05) is 19.4 Å². The van der Waals surface area contributed by atoms with E-state index in [0.29, 0.717) is 5.92 Å². The molecule has 2 atom stereocenters. The maximum Gasteiger partial charge on any atom is 0.0569 e. The van der Waals surface area contributed by atoms with Crippen LogP contribution in [0.25, 0.3) is 0 Å². The van der Waals surface area contributed by atoms with Crippen molar-refractivity contribution in [3.05, 3.63) is 18.0 Å². The average molecular weight is 210 g/mol. The van der Waals surface area contributed by atoms with Gasteiger partial charge >= 0.3 is 0 Å². The maximum absolute atomic E-state index is 9.89. The van der Waals surface area contributed by atoms with Crippen molar-refractivity contribution in [2.24, 2.45) is 13.0 Å². The minimum Gasteiger partial charge on any atom is -0.393 e. The van der Waals surface area contributed by atoms with E-state index in [1.54, 1.807) is 4.68 Å². The van der Waals surface area contributed by atoms with E-state index in [9.17, 15) is 5.11 Å². The van der Waals surface area contributed by atoms with Crippen molar-refractivity contribution >= 4 is 0 Å². The lowest BCUT2D eigenvalue weighted by Crippen LogP contribution is -2.18. The predicted molar refractivity (Wildman–Crippen MR) is 61.6 cm³/mol. The van der Waals surface area contributed by atoms with Crippen LogP contribution in [0, 0.1) is 5.92 Å². The molecule has 0 aliphatic heterocycles. The number of aliphatic hydroxyl groups is 1. The summed E-state index contributed by atoms with van der Waals surface area (Å²) in [6.45, 7) is 4.28. The van der Waals surface area contributed by atoms with Crippen LogP contribution in [0.1, 0.15) is 38.7 Å². The third-order valence-electron chi connectivity index (χ3n) is 2.89. The molecule has 3 heteroatoms. The summed E-state index contributed by atoms with van der Waals surface area (Å²) in [4.78, 5) is 0. The largest absolute Gasteiger partial charge is 0.393 e. The highest BCUT2D eigenvalue weighted by molar-refractivity contribution is 5.03. The summed E-state index contributed by atoms with van der Waals surface area (Å²) in [6.07, 6.45) is 7.72. The predicted octanol–water partition coefficient (Wildman–Crippen LogP) is 2.15. The first-order valence-corrected chi connectivity index (χ1v) is 5.79. The molecule has 0 amide bonds. The van der Waals surface area contributed by atoms with Gasteiger partial charge in [0.15, 0.2) is 0 Å². The van der Waals surface area contributed by atoms with Gasteiger partial charge in [0, 0.05) is 13.2 Å². The van der Waals surface area contributed by atoms with Crippen molar-refractivity contribution < 1.29 is 5.11 Å². The normalized spacial score (nSPS) is 15.2. The molecule has 0 aliphatic rings. The second kappa shape index (κ2) is 5.91. The number of hydrogen-bond acceptors (Lipinski definition) is 2. The lowest BCUT2D eigenvalue weighted by Gasteiger charge is -2.17. The zero-order chi connectivity index (χ0) is 11.3. The first-order chi connectivity index (χ1) is 7.13. The van der Waals surface area contributed by atoms with Crippen LogP contribution in [-0.4, -0.2) is 21.0 Å². The van der Waals surface area contributed by atoms with E-state index in [0.717, 1.165) is 25.7 Å². The van der Waals surface area contributed by atoms with Crippen molar-refractivity contribution in [2.45, 2.75) is 45.6 Å². The van der Waals surface area contributed by atoms with Gasteiger partial charge in [0.25, 0.3) is 0 Å². The minimum atomic E-state index is -0.176. The summed E-state index contributed by atoms with van der Waals surface area (Å²) in [6, 6.07) is 0. The molecule has 2 unspecified atom stereocenters.